The van der Waals surface area contributed by atoms with Crippen LogP contribution in [0.4, 0.5) is 4.79 Å². The van der Waals surface area contributed by atoms with E-state index in [1.165, 1.54) is 0 Å². The number of furan rings is 1. The van der Waals surface area contributed by atoms with E-state index < -0.39 is 23.2 Å². The zero-order valence-corrected chi connectivity index (χ0v) is 19.5. The van der Waals surface area contributed by atoms with Crippen LogP contribution < -0.4 is 5.32 Å². The van der Waals surface area contributed by atoms with Crippen LogP contribution in [0, 0.1) is 11.8 Å². The molecular weight excluding hydrogens is 408 g/mol. The molecule has 7 heteroatoms. The first-order chi connectivity index (χ1) is 14.8. The Kier molecular flexibility index (Phi) is 6.36. The summed E-state index contributed by atoms with van der Waals surface area (Å²) in [4.78, 5) is 38.0. The smallest absolute Gasteiger partial charge is 0.411 e. The predicted molar refractivity (Wildman–Crippen MR) is 121 cm³/mol. The molecule has 1 N–H and O–H groups in total. The summed E-state index contributed by atoms with van der Waals surface area (Å²) in [6, 6.07) is 7.32. The maximum atomic E-state index is 12.6. The summed E-state index contributed by atoms with van der Waals surface area (Å²) in [6.45, 7) is 11.4. The largest absolute Gasteiger partial charge is 0.448 e. The van der Waals surface area contributed by atoms with E-state index in [0.29, 0.717) is 24.2 Å². The van der Waals surface area contributed by atoms with Gasteiger partial charge in [-0.3, -0.25) is 19.8 Å². The molecule has 3 amide bonds. The van der Waals surface area contributed by atoms with E-state index in [1.54, 1.807) is 11.0 Å². The lowest BCUT2D eigenvalue weighted by atomic mass is 9.88. The summed E-state index contributed by atoms with van der Waals surface area (Å²) in [5.74, 6) is 5.49. The van der Waals surface area contributed by atoms with Crippen molar-refractivity contribution in [3.63, 3.8) is 0 Å². The molecule has 1 fully saturated rings. The Labute approximate surface area is 188 Å². The van der Waals surface area contributed by atoms with Crippen LogP contribution in [-0.4, -0.2) is 40.5 Å². The number of carbonyl (C=O) groups excluding carboxylic acids is 3. The highest BCUT2D eigenvalue weighted by Crippen LogP contribution is 2.32. The number of imide groups is 1. The molecule has 1 aromatic carbocycles. The molecule has 3 rings (SSSR count). The van der Waals surface area contributed by atoms with Gasteiger partial charge in [0.1, 0.15) is 11.2 Å². The van der Waals surface area contributed by atoms with Crippen LogP contribution in [0.2, 0.25) is 0 Å². The first-order valence-corrected chi connectivity index (χ1v) is 10.7. The van der Waals surface area contributed by atoms with Crippen molar-refractivity contribution >= 4 is 28.9 Å². The van der Waals surface area contributed by atoms with E-state index in [4.69, 9.17) is 9.15 Å². The Morgan fingerprint density at radius 2 is 1.94 bits per heavy atom. The van der Waals surface area contributed by atoms with E-state index in [2.05, 4.69) is 17.2 Å². The Hall–Kier alpha value is -3.27. The third kappa shape index (κ3) is 5.50. The number of piperidine rings is 1. The molecular formula is C25H30N2O5. The zero-order valence-electron chi connectivity index (χ0n) is 19.5. The molecule has 32 heavy (non-hydrogen) atoms. The molecule has 1 saturated heterocycles. The summed E-state index contributed by atoms with van der Waals surface area (Å²) in [6.07, 6.45) is 0.348. The van der Waals surface area contributed by atoms with Gasteiger partial charge in [0.2, 0.25) is 11.8 Å². The fourth-order valence-corrected chi connectivity index (χ4v) is 3.54. The van der Waals surface area contributed by atoms with Crippen LogP contribution in [0.3, 0.4) is 0 Å². The molecule has 2 aromatic rings. The van der Waals surface area contributed by atoms with Gasteiger partial charge in [-0.25, -0.2) is 4.79 Å². The third-order valence-electron chi connectivity index (χ3n) is 5.08. The number of carbonyl (C=O) groups is 3. The normalized spacial score (nSPS) is 16.9. The lowest BCUT2D eigenvalue weighted by molar-refractivity contribution is -0.134. The fraction of sp³-hybridized carbons (Fsp3) is 0.480. The van der Waals surface area contributed by atoms with Gasteiger partial charge in [0.25, 0.3) is 0 Å². The second-order valence-electron chi connectivity index (χ2n) is 9.91. The van der Waals surface area contributed by atoms with Crippen LogP contribution in [0.1, 0.15) is 71.6 Å². The molecule has 0 unspecified atom stereocenters. The van der Waals surface area contributed by atoms with Gasteiger partial charge in [-0.2, -0.15) is 0 Å². The predicted octanol–water partition coefficient (Wildman–Crippen LogP) is 4.34. The maximum absolute atomic E-state index is 12.6. The first kappa shape index (κ1) is 23.4. The summed E-state index contributed by atoms with van der Waals surface area (Å²) < 4.78 is 11.4. The number of hydrogen-bond acceptors (Lipinski definition) is 5. The number of nitrogens with one attached hydrogen (secondary N) is 1. The highest BCUT2D eigenvalue weighted by atomic mass is 16.6. The number of amides is 3. The van der Waals surface area contributed by atoms with Crippen LogP contribution >= 0.6 is 0 Å². The monoisotopic (exact) mass is 438 g/mol. The van der Waals surface area contributed by atoms with E-state index in [9.17, 15) is 14.4 Å². The summed E-state index contributed by atoms with van der Waals surface area (Å²) in [7, 11) is 0. The Morgan fingerprint density at radius 3 is 2.56 bits per heavy atom. The highest BCUT2D eigenvalue weighted by Gasteiger charge is 2.31. The molecule has 1 aliphatic heterocycles. The molecule has 0 aliphatic carbocycles. The number of fused-ring (bicyclic) bond motifs is 1. The molecule has 2 heterocycles. The van der Waals surface area contributed by atoms with Crippen LogP contribution in [0.5, 0.6) is 0 Å². The number of rotatable bonds is 2. The molecule has 0 spiro atoms. The van der Waals surface area contributed by atoms with E-state index >= 15 is 0 Å². The minimum Gasteiger partial charge on any atom is -0.448 e. The van der Waals surface area contributed by atoms with Crippen molar-refractivity contribution in [2.75, 3.05) is 6.54 Å². The van der Waals surface area contributed by atoms with Crippen molar-refractivity contribution in [2.24, 2.45) is 0 Å². The minimum atomic E-state index is -0.598. The Balaban J connectivity index is 1.83. The van der Waals surface area contributed by atoms with Gasteiger partial charge in [0, 0.05) is 23.4 Å². The van der Waals surface area contributed by atoms with Gasteiger partial charge in [-0.05, 0) is 65.5 Å². The van der Waals surface area contributed by atoms with E-state index in [-0.39, 0.29) is 18.4 Å². The molecule has 170 valence electrons. The first-order valence-electron chi connectivity index (χ1n) is 10.7. The van der Waals surface area contributed by atoms with Gasteiger partial charge in [0.05, 0.1) is 12.5 Å². The average Bonchev–Trinajstić information content (AvgIpc) is 3.06. The van der Waals surface area contributed by atoms with Crippen molar-refractivity contribution in [3.05, 3.63) is 35.6 Å². The second kappa shape index (κ2) is 8.70. The Bertz CT molecular complexity index is 1110. The van der Waals surface area contributed by atoms with Gasteiger partial charge >= 0.3 is 6.09 Å². The molecule has 0 saturated carbocycles. The van der Waals surface area contributed by atoms with E-state index in [0.717, 1.165) is 10.9 Å². The number of benzene rings is 1. The van der Waals surface area contributed by atoms with Crippen LogP contribution in [-0.2, 0) is 14.3 Å². The zero-order chi connectivity index (χ0) is 23.7. The topological polar surface area (TPSA) is 88.9 Å². The molecule has 1 aromatic heterocycles. The number of nitrogens with zero attached hydrogens (tertiary/aromatic N) is 1. The molecule has 7 nitrogen and oxygen atoms in total. The highest BCUT2D eigenvalue weighted by molar-refractivity contribution is 6.02. The third-order valence-corrected chi connectivity index (χ3v) is 5.08. The van der Waals surface area contributed by atoms with Gasteiger partial charge in [-0.15, -0.1) is 0 Å². The van der Waals surface area contributed by atoms with Crippen molar-refractivity contribution < 1.29 is 23.5 Å². The van der Waals surface area contributed by atoms with Gasteiger partial charge < -0.3 is 9.15 Å². The summed E-state index contributed by atoms with van der Waals surface area (Å²) in [5.41, 5.74) is 0.369. The molecule has 1 atom stereocenters. The van der Waals surface area contributed by atoms with Crippen molar-refractivity contribution in [3.8, 4) is 11.8 Å². The Morgan fingerprint density at radius 1 is 1.22 bits per heavy atom. The standard InChI is InChI=1S/C25H30N2O5/c1-24(2,3)27(23(30)32-25(4,5)6)14-8-9-16-15-19-17(10-7-11-20(19)31-16)18-12-13-21(28)26-22(18)29/h7,10-11,15,18H,12-14H2,1-6H3,(H,26,28,29)/t18-/m0/s1. The number of hydrogen-bond donors (Lipinski definition) is 1. The van der Waals surface area contributed by atoms with Crippen molar-refractivity contribution in [2.45, 2.75) is 71.4 Å². The van der Waals surface area contributed by atoms with Gasteiger partial charge in [0.15, 0.2) is 5.76 Å². The minimum absolute atomic E-state index is 0.176. The molecule has 0 bridgehead atoms. The number of ether oxygens (including phenoxy) is 1. The quantitative estimate of drug-likeness (QED) is 0.557. The second-order valence-corrected chi connectivity index (χ2v) is 9.91. The molecule has 1 aliphatic rings. The average molecular weight is 439 g/mol. The van der Waals surface area contributed by atoms with Gasteiger partial charge in [-0.1, -0.05) is 18.1 Å². The van der Waals surface area contributed by atoms with Crippen LogP contribution in [0.15, 0.2) is 28.7 Å². The maximum Gasteiger partial charge on any atom is 0.411 e. The lowest BCUT2D eigenvalue weighted by Crippen LogP contribution is -2.48. The summed E-state index contributed by atoms with van der Waals surface area (Å²) >= 11 is 0. The summed E-state index contributed by atoms with van der Waals surface area (Å²) in [5, 5.41) is 3.20. The fourth-order valence-electron chi connectivity index (χ4n) is 3.54. The van der Waals surface area contributed by atoms with E-state index in [1.807, 2.05) is 59.7 Å². The lowest BCUT2D eigenvalue weighted by Gasteiger charge is -2.35. The van der Waals surface area contributed by atoms with Crippen LogP contribution in [0.25, 0.3) is 11.0 Å². The van der Waals surface area contributed by atoms with Crippen molar-refractivity contribution in [1.29, 1.82) is 0 Å². The van der Waals surface area contributed by atoms with Crippen molar-refractivity contribution in [1.82, 2.24) is 10.2 Å². The SMILES string of the molecule is CC(C)(C)OC(=O)N(CC#Cc1cc2c([C@@H]3CCC(=O)NC3=O)cccc2o1)C(C)(C)C. The molecule has 0 radical (unpaired) electrons.